The van der Waals surface area contributed by atoms with Gasteiger partial charge in [0.05, 0.1) is 17.4 Å². The fraction of sp³-hybridized carbons (Fsp3) is 0.600. The van der Waals surface area contributed by atoms with Gasteiger partial charge in [-0.25, -0.2) is 8.42 Å². The molecule has 0 N–H and O–H groups in total. The van der Waals surface area contributed by atoms with Gasteiger partial charge in [-0.1, -0.05) is 18.6 Å². The summed E-state index contributed by atoms with van der Waals surface area (Å²) >= 11 is 0. The van der Waals surface area contributed by atoms with Crippen molar-refractivity contribution in [3.63, 3.8) is 0 Å². The van der Waals surface area contributed by atoms with Crippen LogP contribution in [-0.4, -0.2) is 49.2 Å². The molecule has 0 spiro atoms. The molecule has 1 saturated carbocycles. The van der Waals surface area contributed by atoms with Crippen molar-refractivity contribution >= 4 is 15.9 Å². The Bertz CT molecular complexity index is 789. The number of benzene rings is 1. The topological polar surface area (TPSA) is 81.5 Å². The molecule has 0 atom stereocenters. The van der Waals surface area contributed by atoms with Crippen molar-refractivity contribution in [2.75, 3.05) is 19.6 Å². The van der Waals surface area contributed by atoms with Crippen molar-refractivity contribution in [3.8, 4) is 6.07 Å². The van der Waals surface area contributed by atoms with Crippen molar-refractivity contribution in [2.45, 2.75) is 62.3 Å². The van der Waals surface area contributed by atoms with E-state index in [0.717, 1.165) is 37.7 Å². The molecular formula is C20H27N3O3S. The predicted octanol–water partition coefficient (Wildman–Crippen LogP) is 2.70. The molecule has 1 saturated heterocycles. The molecule has 1 aliphatic heterocycles. The van der Waals surface area contributed by atoms with Gasteiger partial charge in [0.25, 0.3) is 0 Å². The highest BCUT2D eigenvalue weighted by Crippen LogP contribution is 2.28. The van der Waals surface area contributed by atoms with Crippen LogP contribution in [0.4, 0.5) is 0 Å². The molecule has 0 bridgehead atoms. The number of piperidine rings is 1. The summed E-state index contributed by atoms with van der Waals surface area (Å²) in [4.78, 5) is 14.6. The van der Waals surface area contributed by atoms with Crippen LogP contribution < -0.4 is 0 Å². The van der Waals surface area contributed by atoms with Gasteiger partial charge >= 0.3 is 0 Å². The summed E-state index contributed by atoms with van der Waals surface area (Å²) in [5.41, 5.74) is 0.956. The molecule has 1 aromatic rings. The fourth-order valence-corrected chi connectivity index (χ4v) is 5.06. The van der Waals surface area contributed by atoms with E-state index >= 15 is 0 Å². The third-order valence-corrected chi connectivity index (χ3v) is 7.19. The molecule has 1 aromatic carbocycles. The predicted molar refractivity (Wildman–Crippen MR) is 102 cm³/mol. The third kappa shape index (κ3) is 5.08. The minimum atomic E-state index is -3.41. The van der Waals surface area contributed by atoms with Crippen molar-refractivity contribution in [2.24, 2.45) is 0 Å². The zero-order valence-corrected chi connectivity index (χ0v) is 16.5. The minimum absolute atomic E-state index is 0.0813. The molecule has 146 valence electrons. The molecule has 1 aliphatic carbocycles. The monoisotopic (exact) mass is 389 g/mol. The number of hydrogen-bond donors (Lipinski definition) is 0. The Morgan fingerprint density at radius 3 is 2.41 bits per heavy atom. The van der Waals surface area contributed by atoms with Gasteiger partial charge in [0.2, 0.25) is 15.9 Å². The molecule has 6 nitrogen and oxygen atoms in total. The van der Waals surface area contributed by atoms with E-state index in [4.69, 9.17) is 5.26 Å². The molecule has 27 heavy (non-hydrogen) atoms. The Morgan fingerprint density at radius 1 is 1.15 bits per heavy atom. The first-order chi connectivity index (χ1) is 13.0. The summed E-state index contributed by atoms with van der Waals surface area (Å²) in [6, 6.07) is 9.32. The second-order valence-electron chi connectivity index (χ2n) is 7.34. The number of carbonyl (C=O) groups is 1. The third-order valence-electron chi connectivity index (χ3n) is 5.28. The molecule has 1 amide bonds. The van der Waals surface area contributed by atoms with Crippen LogP contribution in [0.15, 0.2) is 29.2 Å². The first kappa shape index (κ1) is 19.8. The Balaban J connectivity index is 1.57. The van der Waals surface area contributed by atoms with Crippen LogP contribution in [-0.2, 0) is 21.2 Å². The maximum Gasteiger partial charge on any atom is 0.243 e. The first-order valence-corrected chi connectivity index (χ1v) is 11.2. The zero-order valence-electron chi connectivity index (χ0n) is 15.6. The average molecular weight is 390 g/mol. The standard InChI is InChI=1S/C20H27N3O3S/c21-13-4-16-23(18-8-9-18)20(24)12-7-17-5-10-19(11-6-17)27(25,26)22-14-2-1-3-15-22/h5-6,10-11,18H,1-4,7-9,12,14-16H2. The van der Waals surface area contributed by atoms with Gasteiger partial charge in [-0.15, -0.1) is 0 Å². The summed E-state index contributed by atoms with van der Waals surface area (Å²) in [5.74, 6) is 0.0813. The normalized spacial score (nSPS) is 18.0. The molecule has 1 heterocycles. The average Bonchev–Trinajstić information content (AvgIpc) is 3.53. The van der Waals surface area contributed by atoms with Gasteiger partial charge in [0, 0.05) is 32.1 Å². The number of hydrogen-bond acceptors (Lipinski definition) is 4. The zero-order chi connectivity index (χ0) is 19.3. The smallest absolute Gasteiger partial charge is 0.243 e. The quantitative estimate of drug-likeness (QED) is 0.684. The van der Waals surface area contributed by atoms with Crippen LogP contribution in [0.3, 0.4) is 0 Å². The molecule has 0 unspecified atom stereocenters. The van der Waals surface area contributed by atoms with Gasteiger partial charge in [-0.3, -0.25) is 4.79 Å². The minimum Gasteiger partial charge on any atom is -0.339 e. The highest BCUT2D eigenvalue weighted by molar-refractivity contribution is 7.89. The molecule has 0 radical (unpaired) electrons. The van der Waals surface area contributed by atoms with Crippen molar-refractivity contribution in [1.29, 1.82) is 5.26 Å². The number of amides is 1. The number of sulfonamides is 1. The van der Waals surface area contributed by atoms with Crippen LogP contribution in [0.2, 0.25) is 0 Å². The lowest BCUT2D eigenvalue weighted by Gasteiger charge is -2.25. The van der Waals surface area contributed by atoms with Crippen LogP contribution in [0.5, 0.6) is 0 Å². The summed E-state index contributed by atoms with van der Waals surface area (Å²) in [7, 11) is -3.41. The van der Waals surface area contributed by atoms with Crippen molar-refractivity contribution < 1.29 is 13.2 Å². The van der Waals surface area contributed by atoms with Crippen LogP contribution in [0.1, 0.15) is 50.5 Å². The Labute approximate surface area is 161 Å². The number of aryl methyl sites for hydroxylation is 1. The molecule has 2 aliphatic rings. The fourth-order valence-electron chi connectivity index (χ4n) is 3.54. The van der Waals surface area contributed by atoms with Gasteiger partial charge in [-0.05, 0) is 49.8 Å². The summed E-state index contributed by atoms with van der Waals surface area (Å²) in [6.45, 7) is 1.70. The van der Waals surface area contributed by atoms with E-state index in [-0.39, 0.29) is 5.91 Å². The van der Waals surface area contributed by atoms with Crippen LogP contribution in [0, 0.1) is 11.3 Å². The van der Waals surface area contributed by atoms with E-state index in [1.54, 1.807) is 28.6 Å². The number of nitriles is 1. The van der Waals surface area contributed by atoms with Crippen molar-refractivity contribution in [1.82, 2.24) is 9.21 Å². The number of carbonyl (C=O) groups excluding carboxylic acids is 1. The van der Waals surface area contributed by atoms with Crippen LogP contribution in [0.25, 0.3) is 0 Å². The molecule has 0 aromatic heterocycles. The first-order valence-electron chi connectivity index (χ1n) is 9.78. The maximum atomic E-state index is 12.7. The summed E-state index contributed by atoms with van der Waals surface area (Å²) in [5, 5.41) is 8.75. The lowest BCUT2D eigenvalue weighted by Crippen LogP contribution is -2.35. The van der Waals surface area contributed by atoms with Gasteiger partial charge in [0.1, 0.15) is 0 Å². The van der Waals surface area contributed by atoms with E-state index in [0.29, 0.717) is 49.8 Å². The Kier molecular flexibility index (Phi) is 6.51. The van der Waals surface area contributed by atoms with Gasteiger partial charge in [0.15, 0.2) is 0 Å². The second-order valence-corrected chi connectivity index (χ2v) is 9.27. The van der Waals surface area contributed by atoms with Crippen molar-refractivity contribution in [3.05, 3.63) is 29.8 Å². The molecule has 3 rings (SSSR count). The van der Waals surface area contributed by atoms with E-state index in [2.05, 4.69) is 6.07 Å². The van der Waals surface area contributed by atoms with Gasteiger partial charge in [-0.2, -0.15) is 9.57 Å². The highest BCUT2D eigenvalue weighted by Gasteiger charge is 2.31. The largest absolute Gasteiger partial charge is 0.339 e. The summed E-state index contributed by atoms with van der Waals surface area (Å²) in [6.07, 6.45) is 6.32. The van der Waals surface area contributed by atoms with E-state index in [1.807, 2.05) is 4.90 Å². The SMILES string of the molecule is N#CCCN(C(=O)CCc1ccc(S(=O)(=O)N2CCCCC2)cc1)C1CC1. The molecule has 2 fully saturated rings. The molecule has 7 heteroatoms. The molecular weight excluding hydrogens is 362 g/mol. The van der Waals surface area contributed by atoms with E-state index < -0.39 is 10.0 Å². The number of rotatable bonds is 8. The number of nitrogens with zero attached hydrogens (tertiary/aromatic N) is 3. The maximum absolute atomic E-state index is 12.7. The highest BCUT2D eigenvalue weighted by atomic mass is 32.2. The Hall–Kier alpha value is -1.91. The van der Waals surface area contributed by atoms with E-state index in [1.165, 1.54) is 0 Å². The lowest BCUT2D eigenvalue weighted by molar-refractivity contribution is -0.131. The second kappa shape index (κ2) is 8.85. The van der Waals surface area contributed by atoms with Crippen LogP contribution >= 0.6 is 0 Å². The summed E-state index contributed by atoms with van der Waals surface area (Å²) < 4.78 is 26.9. The lowest BCUT2D eigenvalue weighted by atomic mass is 10.1. The van der Waals surface area contributed by atoms with Gasteiger partial charge < -0.3 is 4.90 Å². The van der Waals surface area contributed by atoms with E-state index in [9.17, 15) is 13.2 Å². The Morgan fingerprint density at radius 2 is 1.81 bits per heavy atom.